The van der Waals surface area contributed by atoms with E-state index in [0.717, 1.165) is 35.9 Å². The zero-order valence-electron chi connectivity index (χ0n) is 13.7. The molecule has 2 aromatic heterocycles. The van der Waals surface area contributed by atoms with Crippen LogP contribution in [0.25, 0.3) is 10.8 Å². The number of hydrogen-bond donors (Lipinski definition) is 2. The fraction of sp³-hybridized carbons (Fsp3) is 0.529. The van der Waals surface area contributed by atoms with Gasteiger partial charge in [0.1, 0.15) is 12.0 Å². The van der Waals surface area contributed by atoms with Crippen molar-refractivity contribution in [2.45, 2.75) is 51.0 Å². The van der Waals surface area contributed by atoms with E-state index in [-0.39, 0.29) is 0 Å². The molecule has 2 saturated heterocycles. The number of ether oxygens (including phenoxy) is 1. The first-order valence-electron chi connectivity index (χ1n) is 8.50. The second kappa shape index (κ2) is 6.94. The van der Waals surface area contributed by atoms with E-state index >= 15 is 0 Å². The van der Waals surface area contributed by atoms with Crippen LogP contribution in [-0.2, 0) is 11.3 Å². The van der Waals surface area contributed by atoms with Crippen LogP contribution < -0.4 is 10.6 Å². The van der Waals surface area contributed by atoms with E-state index in [4.69, 9.17) is 9.15 Å². The molecule has 2 bridgehead atoms. The lowest BCUT2D eigenvalue weighted by Crippen LogP contribution is -2.47. The molecule has 2 fully saturated rings. The third-order valence-electron chi connectivity index (χ3n) is 4.46. The smallest absolute Gasteiger partial charge is 0.236 e. The molecule has 6 nitrogen and oxygen atoms in total. The molecule has 2 N–H and O–H groups in total. The summed E-state index contributed by atoms with van der Waals surface area (Å²) in [5.74, 6) is 1.48. The third kappa shape index (κ3) is 3.32. The van der Waals surface area contributed by atoms with Gasteiger partial charge in [-0.25, -0.2) is 9.98 Å². The van der Waals surface area contributed by atoms with Crippen LogP contribution in [0.2, 0.25) is 0 Å². The monoisotopic (exact) mass is 346 g/mol. The fourth-order valence-electron chi connectivity index (χ4n) is 3.34. The van der Waals surface area contributed by atoms with Crippen LogP contribution in [0.4, 0.5) is 0 Å². The van der Waals surface area contributed by atoms with Crippen LogP contribution in [0.5, 0.6) is 0 Å². The molecule has 2 aromatic rings. The Morgan fingerprint density at radius 2 is 2.42 bits per heavy atom. The van der Waals surface area contributed by atoms with E-state index in [1.807, 2.05) is 17.5 Å². The SMILES string of the molecule is CCNC(=NCc1coc(-c2cccs2)n1)NC1CC2CCC1O2. The number of rotatable bonds is 5. The average molecular weight is 346 g/mol. The number of aliphatic imine (C=N–C) groups is 1. The first kappa shape index (κ1) is 15.7. The van der Waals surface area contributed by atoms with Crippen molar-refractivity contribution in [1.82, 2.24) is 15.6 Å². The van der Waals surface area contributed by atoms with Crippen molar-refractivity contribution in [3.63, 3.8) is 0 Å². The highest BCUT2D eigenvalue weighted by atomic mass is 32.1. The van der Waals surface area contributed by atoms with Crippen molar-refractivity contribution in [2.75, 3.05) is 6.54 Å². The van der Waals surface area contributed by atoms with Gasteiger partial charge in [0.05, 0.1) is 29.7 Å². The number of hydrogen-bond acceptors (Lipinski definition) is 5. The van der Waals surface area contributed by atoms with Crippen molar-refractivity contribution in [3.05, 3.63) is 29.5 Å². The molecule has 3 atom stereocenters. The number of nitrogens with one attached hydrogen (secondary N) is 2. The molecule has 3 unspecified atom stereocenters. The number of fused-ring (bicyclic) bond motifs is 2. The maximum Gasteiger partial charge on any atom is 0.236 e. The minimum absolute atomic E-state index is 0.330. The van der Waals surface area contributed by atoms with Crippen LogP contribution in [0.3, 0.4) is 0 Å². The largest absolute Gasteiger partial charge is 0.443 e. The normalized spacial score (nSPS) is 26.0. The Bertz CT molecular complexity index is 697. The predicted octanol–water partition coefficient (Wildman–Crippen LogP) is 2.78. The van der Waals surface area contributed by atoms with Crippen molar-refractivity contribution in [3.8, 4) is 10.8 Å². The molecular weight excluding hydrogens is 324 g/mol. The zero-order valence-corrected chi connectivity index (χ0v) is 14.5. The molecule has 0 saturated carbocycles. The maximum atomic E-state index is 5.90. The Morgan fingerprint density at radius 3 is 3.12 bits per heavy atom. The number of aromatic nitrogens is 1. The van der Waals surface area contributed by atoms with Gasteiger partial charge < -0.3 is 19.8 Å². The molecule has 128 valence electrons. The Hall–Kier alpha value is -1.86. The first-order chi connectivity index (χ1) is 11.8. The van der Waals surface area contributed by atoms with Gasteiger partial charge in [0.15, 0.2) is 5.96 Å². The van der Waals surface area contributed by atoms with Gasteiger partial charge in [-0.3, -0.25) is 0 Å². The van der Waals surface area contributed by atoms with Gasteiger partial charge in [0.2, 0.25) is 5.89 Å². The molecule has 0 aliphatic carbocycles. The molecule has 0 spiro atoms. The molecule has 24 heavy (non-hydrogen) atoms. The molecule has 2 aliphatic heterocycles. The van der Waals surface area contributed by atoms with Crippen LogP contribution >= 0.6 is 11.3 Å². The summed E-state index contributed by atoms with van der Waals surface area (Å²) < 4.78 is 11.4. The number of guanidine groups is 1. The van der Waals surface area contributed by atoms with Crippen molar-refractivity contribution >= 4 is 17.3 Å². The van der Waals surface area contributed by atoms with Gasteiger partial charge >= 0.3 is 0 Å². The summed E-state index contributed by atoms with van der Waals surface area (Å²) in [6.07, 6.45) is 5.86. The number of oxazole rings is 1. The highest BCUT2D eigenvalue weighted by Gasteiger charge is 2.41. The van der Waals surface area contributed by atoms with Crippen LogP contribution in [0.1, 0.15) is 31.9 Å². The molecule has 0 amide bonds. The summed E-state index contributed by atoms with van der Waals surface area (Å²) in [6, 6.07) is 4.36. The average Bonchev–Trinajstić information content (AvgIpc) is 3.36. The lowest BCUT2D eigenvalue weighted by Gasteiger charge is -2.22. The van der Waals surface area contributed by atoms with E-state index < -0.39 is 0 Å². The third-order valence-corrected chi connectivity index (χ3v) is 5.31. The molecule has 2 aliphatic rings. The van der Waals surface area contributed by atoms with E-state index in [9.17, 15) is 0 Å². The molecule has 4 heterocycles. The summed E-state index contributed by atoms with van der Waals surface area (Å²) in [7, 11) is 0. The minimum Gasteiger partial charge on any atom is -0.443 e. The highest BCUT2D eigenvalue weighted by Crippen LogP contribution is 2.34. The molecule has 0 aromatic carbocycles. The number of nitrogens with zero attached hydrogens (tertiary/aromatic N) is 2. The molecule has 7 heteroatoms. The van der Waals surface area contributed by atoms with Crippen molar-refractivity contribution in [2.24, 2.45) is 4.99 Å². The van der Waals surface area contributed by atoms with Gasteiger partial charge in [-0.15, -0.1) is 11.3 Å². The van der Waals surface area contributed by atoms with Gasteiger partial charge in [-0.2, -0.15) is 0 Å². The molecule has 4 rings (SSSR count). The highest BCUT2D eigenvalue weighted by molar-refractivity contribution is 7.13. The zero-order chi connectivity index (χ0) is 16.4. The second-order valence-corrected chi connectivity index (χ2v) is 7.12. The fourth-order valence-corrected chi connectivity index (χ4v) is 3.99. The summed E-state index contributed by atoms with van der Waals surface area (Å²) >= 11 is 1.62. The maximum absolute atomic E-state index is 5.90. The first-order valence-corrected chi connectivity index (χ1v) is 9.38. The lowest BCUT2D eigenvalue weighted by molar-refractivity contribution is 0.0992. The van der Waals surface area contributed by atoms with Gasteiger partial charge in [-0.1, -0.05) is 6.07 Å². The van der Waals surface area contributed by atoms with E-state index in [1.54, 1.807) is 17.6 Å². The van der Waals surface area contributed by atoms with Crippen LogP contribution in [0, 0.1) is 0 Å². The Morgan fingerprint density at radius 1 is 1.46 bits per heavy atom. The van der Waals surface area contributed by atoms with Crippen LogP contribution in [-0.4, -0.2) is 35.7 Å². The van der Waals surface area contributed by atoms with Gasteiger partial charge in [0.25, 0.3) is 0 Å². The summed E-state index contributed by atoms with van der Waals surface area (Å²) in [6.45, 7) is 3.39. The standard InChI is InChI=1S/C17H22N4O2S/c1-2-18-17(21-13-8-12-5-6-14(13)23-12)19-9-11-10-22-16(20-11)15-4-3-7-24-15/h3-4,7,10,12-14H,2,5-6,8-9H2,1H3,(H2,18,19,21). The predicted molar refractivity (Wildman–Crippen MR) is 94.1 cm³/mol. The Labute approximate surface area is 145 Å². The molecular formula is C17H22N4O2S. The van der Waals surface area contributed by atoms with E-state index in [2.05, 4.69) is 27.5 Å². The summed E-state index contributed by atoms with van der Waals surface area (Å²) in [5, 5.41) is 8.83. The second-order valence-electron chi connectivity index (χ2n) is 6.18. The Kier molecular flexibility index (Phi) is 4.53. The quantitative estimate of drug-likeness (QED) is 0.643. The topological polar surface area (TPSA) is 71.7 Å². The molecule has 0 radical (unpaired) electrons. The van der Waals surface area contributed by atoms with Crippen molar-refractivity contribution in [1.29, 1.82) is 0 Å². The van der Waals surface area contributed by atoms with E-state index in [1.165, 1.54) is 6.42 Å². The lowest BCUT2D eigenvalue weighted by atomic mass is 9.96. The van der Waals surface area contributed by atoms with Gasteiger partial charge in [-0.05, 0) is 37.6 Å². The Balaban J connectivity index is 1.40. The summed E-state index contributed by atoms with van der Waals surface area (Å²) in [5.41, 5.74) is 0.833. The van der Waals surface area contributed by atoms with Crippen LogP contribution in [0.15, 0.2) is 33.2 Å². The van der Waals surface area contributed by atoms with E-state index in [0.29, 0.717) is 30.7 Å². The minimum atomic E-state index is 0.330. The number of thiophene rings is 1. The van der Waals surface area contributed by atoms with Crippen molar-refractivity contribution < 1.29 is 9.15 Å². The van der Waals surface area contributed by atoms with Gasteiger partial charge in [0, 0.05) is 6.54 Å². The summed E-state index contributed by atoms with van der Waals surface area (Å²) in [4.78, 5) is 10.2.